The van der Waals surface area contributed by atoms with Crippen LogP contribution in [0.1, 0.15) is 20.3 Å². The van der Waals surface area contributed by atoms with E-state index in [-0.39, 0.29) is 12.5 Å². The molecule has 0 aromatic heterocycles. The largest absolute Gasteiger partial charge is 0.323 e. The minimum absolute atomic E-state index is 0.0842. The average molecular weight is 399 g/mol. The molecule has 2 N–H and O–H groups in total. The SMILES string of the molecule is CCC(C)NCC(=O)Nc1c(Br)cc(Cl)cc1Br. The average Bonchev–Trinajstić information content (AvgIpc) is 2.30. The van der Waals surface area contributed by atoms with Crippen LogP contribution in [0.4, 0.5) is 5.69 Å². The fourth-order valence-electron chi connectivity index (χ4n) is 1.26. The second-order valence-corrected chi connectivity index (χ2v) is 6.13. The molecule has 3 nitrogen and oxygen atoms in total. The number of halogens is 3. The molecule has 0 aliphatic rings. The minimum atomic E-state index is -0.0842. The zero-order valence-corrected chi connectivity index (χ0v) is 14.1. The standard InChI is InChI=1S/C12H15Br2ClN2O/c1-3-7(2)16-6-11(18)17-12-9(13)4-8(15)5-10(12)14/h4-5,7,16H,3,6H2,1-2H3,(H,17,18). The molecule has 0 aliphatic heterocycles. The molecule has 0 aliphatic carbocycles. The molecule has 1 aromatic carbocycles. The van der Waals surface area contributed by atoms with Crippen LogP contribution >= 0.6 is 43.5 Å². The lowest BCUT2D eigenvalue weighted by Gasteiger charge is -2.13. The van der Waals surface area contributed by atoms with Gasteiger partial charge in [0.2, 0.25) is 5.91 Å². The van der Waals surface area contributed by atoms with Crippen LogP contribution in [0.15, 0.2) is 21.1 Å². The predicted molar refractivity (Wildman–Crippen MR) is 83.2 cm³/mol. The quantitative estimate of drug-likeness (QED) is 0.781. The molecule has 1 rings (SSSR count). The van der Waals surface area contributed by atoms with E-state index in [4.69, 9.17) is 11.6 Å². The molecule has 0 fully saturated rings. The highest BCUT2D eigenvalue weighted by atomic mass is 79.9. The van der Waals surface area contributed by atoms with E-state index in [9.17, 15) is 4.79 Å². The minimum Gasteiger partial charge on any atom is -0.323 e. The van der Waals surface area contributed by atoms with Gasteiger partial charge in [-0.05, 0) is 57.3 Å². The molecular formula is C12H15Br2ClN2O. The zero-order valence-electron chi connectivity index (χ0n) is 10.2. The van der Waals surface area contributed by atoms with Crippen LogP contribution in [0, 0.1) is 0 Å². The maximum Gasteiger partial charge on any atom is 0.238 e. The lowest BCUT2D eigenvalue weighted by Crippen LogP contribution is -2.34. The highest BCUT2D eigenvalue weighted by Gasteiger charge is 2.11. The summed E-state index contributed by atoms with van der Waals surface area (Å²) in [6, 6.07) is 3.81. The molecule has 0 bridgehead atoms. The van der Waals surface area contributed by atoms with E-state index >= 15 is 0 Å². The van der Waals surface area contributed by atoms with Gasteiger partial charge >= 0.3 is 0 Å². The summed E-state index contributed by atoms with van der Waals surface area (Å²) in [5.74, 6) is -0.0842. The molecule has 0 heterocycles. The summed E-state index contributed by atoms with van der Waals surface area (Å²) in [7, 11) is 0. The summed E-state index contributed by atoms with van der Waals surface area (Å²) in [4.78, 5) is 11.8. The van der Waals surface area contributed by atoms with Crippen molar-refractivity contribution >= 4 is 55.1 Å². The van der Waals surface area contributed by atoms with Gasteiger partial charge in [-0.25, -0.2) is 0 Å². The van der Waals surface area contributed by atoms with Gasteiger partial charge in [-0.15, -0.1) is 0 Å². The van der Waals surface area contributed by atoms with Crippen LogP contribution in [0.5, 0.6) is 0 Å². The summed E-state index contributed by atoms with van der Waals surface area (Å²) in [5.41, 5.74) is 0.690. The Kier molecular flexibility index (Phi) is 6.63. The maximum atomic E-state index is 11.8. The fraction of sp³-hybridized carbons (Fsp3) is 0.417. The topological polar surface area (TPSA) is 41.1 Å². The Morgan fingerprint density at radius 3 is 2.44 bits per heavy atom. The van der Waals surface area contributed by atoms with E-state index in [0.717, 1.165) is 15.4 Å². The van der Waals surface area contributed by atoms with Crippen molar-refractivity contribution in [2.75, 3.05) is 11.9 Å². The third kappa shape index (κ3) is 4.88. The summed E-state index contributed by atoms with van der Waals surface area (Å²) in [5, 5.41) is 6.57. The number of amides is 1. The van der Waals surface area contributed by atoms with Crippen molar-refractivity contribution in [3.63, 3.8) is 0 Å². The van der Waals surface area contributed by atoms with Gasteiger partial charge in [0.25, 0.3) is 0 Å². The smallest absolute Gasteiger partial charge is 0.238 e. The number of nitrogens with one attached hydrogen (secondary N) is 2. The Labute approximate surface area is 129 Å². The Hall–Kier alpha value is -0.100. The van der Waals surface area contributed by atoms with E-state index in [2.05, 4.69) is 49.4 Å². The second kappa shape index (κ2) is 7.48. The molecule has 0 saturated heterocycles. The van der Waals surface area contributed by atoms with Gasteiger partial charge in [0, 0.05) is 20.0 Å². The third-order valence-electron chi connectivity index (χ3n) is 2.49. The lowest BCUT2D eigenvalue weighted by molar-refractivity contribution is -0.115. The monoisotopic (exact) mass is 396 g/mol. The molecular weight excluding hydrogens is 383 g/mol. The normalized spacial score (nSPS) is 12.3. The van der Waals surface area contributed by atoms with Crippen molar-refractivity contribution in [3.8, 4) is 0 Å². The van der Waals surface area contributed by atoms with Gasteiger partial charge in [-0.3, -0.25) is 4.79 Å². The van der Waals surface area contributed by atoms with Crippen LogP contribution in [0.25, 0.3) is 0 Å². The van der Waals surface area contributed by atoms with E-state index in [1.807, 2.05) is 6.92 Å². The molecule has 6 heteroatoms. The highest BCUT2D eigenvalue weighted by Crippen LogP contribution is 2.34. The van der Waals surface area contributed by atoms with E-state index in [1.165, 1.54) is 0 Å². The molecule has 1 atom stereocenters. The van der Waals surface area contributed by atoms with Crippen molar-refractivity contribution in [1.82, 2.24) is 5.32 Å². The Balaban J connectivity index is 2.65. The third-order valence-corrected chi connectivity index (χ3v) is 3.96. The van der Waals surface area contributed by atoms with Crippen molar-refractivity contribution in [2.24, 2.45) is 0 Å². The van der Waals surface area contributed by atoms with Crippen molar-refractivity contribution < 1.29 is 4.79 Å². The van der Waals surface area contributed by atoms with E-state index in [0.29, 0.717) is 16.8 Å². The summed E-state index contributed by atoms with van der Waals surface area (Å²) in [6.07, 6.45) is 0.988. The summed E-state index contributed by atoms with van der Waals surface area (Å²) in [6.45, 7) is 4.40. The summed E-state index contributed by atoms with van der Waals surface area (Å²) < 4.78 is 1.50. The molecule has 0 saturated carbocycles. The molecule has 1 amide bonds. The fourth-order valence-corrected chi connectivity index (χ4v) is 3.12. The number of benzene rings is 1. The zero-order chi connectivity index (χ0) is 13.7. The van der Waals surface area contributed by atoms with Gasteiger partial charge < -0.3 is 10.6 Å². The van der Waals surface area contributed by atoms with Gasteiger partial charge in [0.15, 0.2) is 0 Å². The van der Waals surface area contributed by atoms with Crippen LogP contribution in [-0.2, 0) is 4.79 Å². The van der Waals surface area contributed by atoms with E-state index in [1.54, 1.807) is 12.1 Å². The highest BCUT2D eigenvalue weighted by molar-refractivity contribution is 9.11. The number of carbonyl (C=O) groups is 1. The Morgan fingerprint density at radius 2 is 1.94 bits per heavy atom. The number of anilines is 1. The maximum absolute atomic E-state index is 11.8. The first-order valence-corrected chi connectivity index (χ1v) is 7.58. The number of hydrogen-bond donors (Lipinski definition) is 2. The lowest BCUT2D eigenvalue weighted by atomic mass is 10.2. The molecule has 18 heavy (non-hydrogen) atoms. The summed E-state index contributed by atoms with van der Waals surface area (Å²) >= 11 is 12.6. The number of hydrogen-bond acceptors (Lipinski definition) is 2. The van der Waals surface area contributed by atoms with Gasteiger partial charge in [-0.1, -0.05) is 18.5 Å². The van der Waals surface area contributed by atoms with Gasteiger partial charge in [0.1, 0.15) is 0 Å². The predicted octanol–water partition coefficient (Wildman–Crippen LogP) is 4.19. The Morgan fingerprint density at radius 1 is 1.39 bits per heavy atom. The van der Waals surface area contributed by atoms with Crippen molar-refractivity contribution in [1.29, 1.82) is 0 Å². The molecule has 0 spiro atoms. The van der Waals surface area contributed by atoms with Gasteiger partial charge in [0.05, 0.1) is 12.2 Å². The van der Waals surface area contributed by atoms with Gasteiger partial charge in [-0.2, -0.15) is 0 Å². The Bertz CT molecular complexity index is 417. The second-order valence-electron chi connectivity index (χ2n) is 3.98. The molecule has 1 unspecified atom stereocenters. The van der Waals surface area contributed by atoms with Crippen LogP contribution in [0.2, 0.25) is 5.02 Å². The first kappa shape index (κ1) is 16.0. The first-order valence-electron chi connectivity index (χ1n) is 5.61. The van der Waals surface area contributed by atoms with Crippen molar-refractivity contribution in [3.05, 3.63) is 26.1 Å². The first-order chi connectivity index (χ1) is 8.43. The van der Waals surface area contributed by atoms with Crippen LogP contribution < -0.4 is 10.6 Å². The number of carbonyl (C=O) groups excluding carboxylic acids is 1. The van der Waals surface area contributed by atoms with Crippen LogP contribution in [0.3, 0.4) is 0 Å². The van der Waals surface area contributed by atoms with Crippen molar-refractivity contribution in [2.45, 2.75) is 26.3 Å². The van der Waals surface area contributed by atoms with E-state index < -0.39 is 0 Å². The molecule has 100 valence electrons. The molecule has 1 aromatic rings. The molecule has 0 radical (unpaired) electrons. The number of rotatable bonds is 5. The van der Waals surface area contributed by atoms with Crippen LogP contribution in [-0.4, -0.2) is 18.5 Å².